The van der Waals surface area contributed by atoms with Gasteiger partial charge in [-0.3, -0.25) is 0 Å². The predicted molar refractivity (Wildman–Crippen MR) is 89.7 cm³/mol. The van der Waals surface area contributed by atoms with E-state index in [1.807, 2.05) is 55.5 Å². The maximum atomic E-state index is 11.7. The quantitative estimate of drug-likeness (QED) is 0.856. The Hall–Kier alpha value is -2.07. The Balaban J connectivity index is 1.80. The summed E-state index contributed by atoms with van der Waals surface area (Å²) in [4.78, 5) is 11.7. The van der Waals surface area contributed by atoms with E-state index < -0.39 is 0 Å². The number of nitrogens with one attached hydrogen (secondary N) is 2. The number of aryl methyl sites for hydroxylation is 1. The predicted octanol–water partition coefficient (Wildman–Crippen LogP) is 4.23. The van der Waals surface area contributed by atoms with Crippen molar-refractivity contribution in [2.24, 2.45) is 0 Å². The van der Waals surface area contributed by atoms with Crippen LogP contribution in [0.4, 0.5) is 4.79 Å². The molecule has 4 heteroatoms. The maximum Gasteiger partial charge on any atom is 0.319 e. The van der Waals surface area contributed by atoms with Crippen molar-refractivity contribution in [2.75, 3.05) is 0 Å². The average Bonchev–Trinajstić information content (AvgIpc) is 2.45. The Morgan fingerprint density at radius 3 is 2.76 bits per heavy atom. The molecule has 0 unspecified atom stereocenters. The smallest absolute Gasteiger partial charge is 0.319 e. The van der Waals surface area contributed by atoms with Gasteiger partial charge in [-0.25, -0.2) is 4.79 Å². The monoisotopic (exact) mass is 344 g/mol. The minimum atomic E-state index is -0.220. The largest absolute Gasteiger partial charge is 0.334 e. The van der Waals surface area contributed by atoms with Gasteiger partial charge in [-0.2, -0.15) is 0 Å². The third kappa shape index (κ3) is 5.44. The molecule has 0 aromatic heterocycles. The molecule has 21 heavy (non-hydrogen) atoms. The lowest BCUT2D eigenvalue weighted by atomic mass is 10.1. The number of benzene rings is 2. The molecule has 0 aliphatic rings. The highest BCUT2D eigenvalue weighted by atomic mass is 79.9. The third-order valence-corrected chi connectivity index (χ3v) is 3.37. The maximum absolute atomic E-state index is 11.7. The van der Waals surface area contributed by atoms with Crippen molar-refractivity contribution in [3.8, 4) is 0 Å². The first kappa shape index (κ1) is 15.3. The lowest BCUT2D eigenvalue weighted by molar-refractivity contribution is 0.244. The van der Waals surface area contributed by atoms with Crippen molar-refractivity contribution >= 4 is 28.0 Å². The van der Waals surface area contributed by atoms with Gasteiger partial charge < -0.3 is 10.6 Å². The lowest BCUT2D eigenvalue weighted by Crippen LogP contribution is -2.31. The first-order valence-electron chi connectivity index (χ1n) is 6.65. The lowest BCUT2D eigenvalue weighted by Gasteiger charge is -2.05. The second-order valence-corrected chi connectivity index (χ2v) is 5.62. The van der Waals surface area contributed by atoms with E-state index >= 15 is 0 Å². The van der Waals surface area contributed by atoms with Gasteiger partial charge in [0.1, 0.15) is 0 Å². The van der Waals surface area contributed by atoms with Gasteiger partial charge in [0.05, 0.1) is 0 Å². The Kier molecular flexibility index (Phi) is 5.58. The van der Waals surface area contributed by atoms with Gasteiger partial charge in [0.25, 0.3) is 0 Å². The summed E-state index contributed by atoms with van der Waals surface area (Å²) in [6, 6.07) is 15.7. The number of halogens is 1. The van der Waals surface area contributed by atoms with E-state index in [2.05, 4.69) is 32.6 Å². The summed E-state index contributed by atoms with van der Waals surface area (Å²) in [6.07, 6.45) is 3.48. The van der Waals surface area contributed by atoms with Gasteiger partial charge in [0.15, 0.2) is 0 Å². The topological polar surface area (TPSA) is 41.1 Å². The van der Waals surface area contributed by atoms with E-state index in [0.29, 0.717) is 6.54 Å². The Bertz CT molecular complexity index is 653. The Morgan fingerprint density at radius 2 is 2.00 bits per heavy atom. The van der Waals surface area contributed by atoms with Crippen molar-refractivity contribution in [3.05, 3.63) is 75.9 Å². The van der Waals surface area contributed by atoms with E-state index in [-0.39, 0.29) is 6.03 Å². The van der Waals surface area contributed by atoms with Crippen LogP contribution < -0.4 is 10.6 Å². The molecular formula is C17H17BrN2O. The molecule has 3 nitrogen and oxygen atoms in total. The van der Waals surface area contributed by atoms with Crippen molar-refractivity contribution in [1.82, 2.24) is 10.6 Å². The van der Waals surface area contributed by atoms with Gasteiger partial charge in [-0.05, 0) is 36.3 Å². The van der Waals surface area contributed by atoms with E-state index in [4.69, 9.17) is 0 Å². The molecule has 2 aromatic rings. The normalized spacial score (nSPS) is 10.6. The molecule has 2 amide bonds. The van der Waals surface area contributed by atoms with E-state index in [0.717, 1.165) is 15.6 Å². The summed E-state index contributed by atoms with van der Waals surface area (Å²) in [6.45, 7) is 2.54. The summed E-state index contributed by atoms with van der Waals surface area (Å²) in [5, 5.41) is 5.50. The van der Waals surface area contributed by atoms with Crippen molar-refractivity contribution in [2.45, 2.75) is 13.5 Å². The fourth-order valence-electron chi connectivity index (χ4n) is 1.88. The summed E-state index contributed by atoms with van der Waals surface area (Å²) in [5.74, 6) is 0. The zero-order valence-corrected chi connectivity index (χ0v) is 13.4. The fraction of sp³-hybridized carbons (Fsp3) is 0.118. The first-order valence-corrected chi connectivity index (χ1v) is 7.45. The molecule has 0 spiro atoms. The summed E-state index contributed by atoms with van der Waals surface area (Å²) in [5.41, 5.74) is 3.29. The van der Waals surface area contributed by atoms with E-state index in [9.17, 15) is 4.79 Å². The van der Waals surface area contributed by atoms with Crippen molar-refractivity contribution in [1.29, 1.82) is 0 Å². The van der Waals surface area contributed by atoms with Crippen LogP contribution in [0.5, 0.6) is 0 Å². The zero-order chi connectivity index (χ0) is 15.1. The number of urea groups is 1. The van der Waals surface area contributed by atoms with Crippen LogP contribution in [0.3, 0.4) is 0 Å². The van der Waals surface area contributed by atoms with Gasteiger partial charge in [-0.15, -0.1) is 0 Å². The molecule has 0 saturated heterocycles. The molecule has 0 aliphatic heterocycles. The molecule has 2 N–H and O–H groups in total. The van der Waals surface area contributed by atoms with Crippen LogP contribution in [0.2, 0.25) is 0 Å². The second-order valence-electron chi connectivity index (χ2n) is 4.70. The molecule has 0 fully saturated rings. The molecule has 0 radical (unpaired) electrons. The highest BCUT2D eigenvalue weighted by Crippen LogP contribution is 2.12. The first-order chi connectivity index (χ1) is 10.1. The summed E-state index contributed by atoms with van der Waals surface area (Å²) >= 11 is 3.41. The molecule has 0 aliphatic carbocycles. The second kappa shape index (κ2) is 7.64. The number of hydrogen-bond donors (Lipinski definition) is 2. The Morgan fingerprint density at radius 1 is 1.19 bits per heavy atom. The van der Waals surface area contributed by atoms with Crippen LogP contribution in [-0.2, 0) is 6.54 Å². The molecule has 0 atom stereocenters. The van der Waals surface area contributed by atoms with Gasteiger partial charge >= 0.3 is 6.03 Å². The Labute approximate surface area is 133 Å². The molecule has 108 valence electrons. The van der Waals surface area contributed by atoms with E-state index in [1.165, 1.54) is 5.56 Å². The number of hydrogen-bond acceptors (Lipinski definition) is 1. The molecule has 0 heterocycles. The molecule has 0 saturated carbocycles. The van der Waals surface area contributed by atoms with Gasteiger partial charge in [0, 0.05) is 17.2 Å². The minimum absolute atomic E-state index is 0.220. The number of amides is 2. The third-order valence-electron chi connectivity index (χ3n) is 2.87. The minimum Gasteiger partial charge on any atom is -0.334 e. The summed E-state index contributed by atoms with van der Waals surface area (Å²) in [7, 11) is 0. The zero-order valence-electron chi connectivity index (χ0n) is 11.8. The van der Waals surface area contributed by atoms with Crippen molar-refractivity contribution in [3.63, 3.8) is 0 Å². The number of carbonyl (C=O) groups is 1. The molecule has 2 aromatic carbocycles. The van der Waals surface area contributed by atoms with Crippen LogP contribution in [0.1, 0.15) is 16.7 Å². The standard InChI is InChI=1S/C17H17BrN2O/c1-13-4-2-6-15(10-13)12-20-17(21)19-9-8-14-5-3-7-16(18)11-14/h2-11H,12H2,1H3,(H2,19,20,21)/b9-8+. The van der Waals surface area contributed by atoms with Crippen LogP contribution in [-0.4, -0.2) is 6.03 Å². The average molecular weight is 345 g/mol. The van der Waals surface area contributed by atoms with E-state index in [1.54, 1.807) is 6.20 Å². The van der Waals surface area contributed by atoms with Crippen LogP contribution >= 0.6 is 15.9 Å². The van der Waals surface area contributed by atoms with Crippen LogP contribution in [0.15, 0.2) is 59.2 Å². The fourth-order valence-corrected chi connectivity index (χ4v) is 2.30. The molecular weight excluding hydrogens is 328 g/mol. The summed E-state index contributed by atoms with van der Waals surface area (Å²) < 4.78 is 1.01. The van der Waals surface area contributed by atoms with Gasteiger partial charge in [0.2, 0.25) is 0 Å². The van der Waals surface area contributed by atoms with Crippen LogP contribution in [0, 0.1) is 6.92 Å². The number of carbonyl (C=O) groups excluding carboxylic acids is 1. The highest BCUT2D eigenvalue weighted by Gasteiger charge is 1.98. The van der Waals surface area contributed by atoms with Crippen LogP contribution in [0.25, 0.3) is 6.08 Å². The van der Waals surface area contributed by atoms with Crippen molar-refractivity contribution < 1.29 is 4.79 Å². The SMILES string of the molecule is Cc1cccc(CNC(=O)N/C=C/c2cccc(Br)c2)c1. The molecule has 0 bridgehead atoms. The van der Waals surface area contributed by atoms with Gasteiger partial charge in [-0.1, -0.05) is 57.9 Å². The molecule has 2 rings (SSSR count). The highest BCUT2D eigenvalue weighted by molar-refractivity contribution is 9.10. The number of rotatable bonds is 4.